The minimum absolute atomic E-state index is 0.141. The fraction of sp³-hybridized carbons (Fsp3) is 0.462. The summed E-state index contributed by atoms with van der Waals surface area (Å²) in [5.41, 5.74) is 1.59. The van der Waals surface area contributed by atoms with Crippen LogP contribution in [0.15, 0.2) is 18.2 Å². The maximum atomic E-state index is 13.2. The van der Waals surface area contributed by atoms with Crippen molar-refractivity contribution in [3.63, 3.8) is 0 Å². The number of imidazole rings is 1. The van der Waals surface area contributed by atoms with Crippen LogP contribution in [0.5, 0.6) is 0 Å². The van der Waals surface area contributed by atoms with E-state index in [1.165, 1.54) is 12.1 Å². The molecule has 0 aliphatic rings. The van der Waals surface area contributed by atoms with Crippen molar-refractivity contribution < 1.29 is 9.50 Å². The molecule has 0 fully saturated rings. The van der Waals surface area contributed by atoms with Gasteiger partial charge in [-0.1, -0.05) is 0 Å². The Balaban J connectivity index is 2.45. The summed E-state index contributed by atoms with van der Waals surface area (Å²) < 4.78 is 15.2. The fourth-order valence-electron chi connectivity index (χ4n) is 2.03. The Morgan fingerprint density at radius 1 is 1.39 bits per heavy atom. The maximum absolute atomic E-state index is 13.2. The molecule has 18 heavy (non-hydrogen) atoms. The Kier molecular flexibility index (Phi) is 3.93. The van der Waals surface area contributed by atoms with E-state index in [-0.39, 0.29) is 12.4 Å². The molecule has 0 saturated carbocycles. The highest BCUT2D eigenvalue weighted by Gasteiger charge is 2.11. The first-order chi connectivity index (χ1) is 8.61. The molecular formula is C13H18FN3O. The fourth-order valence-corrected chi connectivity index (χ4v) is 2.03. The van der Waals surface area contributed by atoms with Gasteiger partial charge in [-0.3, -0.25) is 0 Å². The van der Waals surface area contributed by atoms with E-state index in [1.54, 1.807) is 6.07 Å². The zero-order valence-corrected chi connectivity index (χ0v) is 10.7. The first kappa shape index (κ1) is 13.0. The average molecular weight is 251 g/mol. The van der Waals surface area contributed by atoms with Crippen molar-refractivity contribution in [3.8, 4) is 0 Å². The first-order valence-electron chi connectivity index (χ1n) is 6.02. The van der Waals surface area contributed by atoms with Crippen LogP contribution in [-0.4, -0.2) is 40.3 Å². The Morgan fingerprint density at radius 2 is 2.17 bits per heavy atom. The summed E-state index contributed by atoms with van der Waals surface area (Å²) in [6.07, 6.45) is 0.670. The quantitative estimate of drug-likeness (QED) is 0.878. The molecule has 2 aromatic rings. The number of benzene rings is 1. The minimum atomic E-state index is -0.272. The van der Waals surface area contributed by atoms with Crippen LogP contribution in [0.3, 0.4) is 0 Å². The summed E-state index contributed by atoms with van der Waals surface area (Å²) in [5, 5.41) is 8.95. The summed E-state index contributed by atoms with van der Waals surface area (Å²) in [6, 6.07) is 4.64. The highest BCUT2D eigenvalue weighted by Crippen LogP contribution is 2.18. The molecule has 0 bridgehead atoms. The van der Waals surface area contributed by atoms with Gasteiger partial charge in [0.2, 0.25) is 0 Å². The van der Waals surface area contributed by atoms with Crippen molar-refractivity contribution >= 4 is 11.0 Å². The van der Waals surface area contributed by atoms with Crippen LogP contribution in [0.25, 0.3) is 11.0 Å². The van der Waals surface area contributed by atoms with Gasteiger partial charge in [-0.05, 0) is 32.6 Å². The largest absolute Gasteiger partial charge is 0.396 e. The number of aliphatic hydroxyl groups is 1. The number of hydrogen-bond donors (Lipinski definition) is 1. The van der Waals surface area contributed by atoms with Gasteiger partial charge in [0, 0.05) is 19.2 Å². The lowest BCUT2D eigenvalue weighted by Gasteiger charge is -2.12. The van der Waals surface area contributed by atoms with E-state index in [2.05, 4.69) is 4.98 Å². The molecule has 0 atom stereocenters. The van der Waals surface area contributed by atoms with Gasteiger partial charge in [0.1, 0.15) is 11.6 Å². The normalized spacial score (nSPS) is 11.6. The topological polar surface area (TPSA) is 41.3 Å². The standard InChI is InChI=1S/C13H18FN3O/c1-16(2)9-13-15-11-8-10(14)4-5-12(11)17(13)6-3-7-18/h4-5,8,18H,3,6-7,9H2,1-2H3. The minimum Gasteiger partial charge on any atom is -0.396 e. The van der Waals surface area contributed by atoms with Crippen molar-refractivity contribution in [1.29, 1.82) is 0 Å². The molecule has 0 aliphatic carbocycles. The van der Waals surface area contributed by atoms with Crippen LogP contribution in [0.2, 0.25) is 0 Å². The highest BCUT2D eigenvalue weighted by molar-refractivity contribution is 5.76. The van der Waals surface area contributed by atoms with E-state index < -0.39 is 0 Å². The van der Waals surface area contributed by atoms with Crippen molar-refractivity contribution in [2.24, 2.45) is 0 Å². The van der Waals surface area contributed by atoms with Gasteiger partial charge in [-0.2, -0.15) is 0 Å². The third-order valence-electron chi connectivity index (χ3n) is 2.79. The summed E-state index contributed by atoms with van der Waals surface area (Å²) in [4.78, 5) is 6.49. The molecule has 0 radical (unpaired) electrons. The molecule has 0 saturated heterocycles. The number of halogens is 1. The summed E-state index contributed by atoms with van der Waals surface area (Å²) in [5.74, 6) is 0.625. The van der Waals surface area contributed by atoms with Gasteiger partial charge in [0.25, 0.3) is 0 Å². The molecule has 1 N–H and O–H groups in total. The molecule has 2 rings (SSSR count). The molecule has 1 aromatic heterocycles. The lowest BCUT2D eigenvalue weighted by atomic mass is 10.3. The number of aliphatic hydroxyl groups excluding tert-OH is 1. The molecule has 0 unspecified atom stereocenters. The van der Waals surface area contributed by atoms with Crippen LogP contribution in [0, 0.1) is 5.82 Å². The Hall–Kier alpha value is -1.46. The number of rotatable bonds is 5. The monoisotopic (exact) mass is 251 g/mol. The SMILES string of the molecule is CN(C)Cc1nc2cc(F)ccc2n1CCCO. The van der Waals surface area contributed by atoms with Crippen LogP contribution in [0.4, 0.5) is 4.39 Å². The van der Waals surface area contributed by atoms with Gasteiger partial charge >= 0.3 is 0 Å². The molecule has 5 heteroatoms. The zero-order valence-electron chi connectivity index (χ0n) is 10.7. The van der Waals surface area contributed by atoms with Gasteiger partial charge in [0.05, 0.1) is 17.6 Å². The number of aromatic nitrogens is 2. The van der Waals surface area contributed by atoms with E-state index >= 15 is 0 Å². The first-order valence-corrected chi connectivity index (χ1v) is 6.02. The molecule has 0 spiro atoms. The van der Waals surface area contributed by atoms with Crippen LogP contribution >= 0.6 is 0 Å². The number of nitrogens with zero attached hydrogens (tertiary/aromatic N) is 3. The van der Waals surface area contributed by atoms with Crippen molar-refractivity contribution in [1.82, 2.24) is 14.5 Å². The average Bonchev–Trinajstić information content (AvgIpc) is 2.62. The molecule has 1 heterocycles. The van der Waals surface area contributed by atoms with Gasteiger partial charge in [0.15, 0.2) is 0 Å². The summed E-state index contributed by atoms with van der Waals surface area (Å²) in [6.45, 7) is 1.53. The van der Waals surface area contributed by atoms with Crippen LogP contribution in [-0.2, 0) is 13.1 Å². The third-order valence-corrected chi connectivity index (χ3v) is 2.79. The Labute approximate surface area is 106 Å². The second-order valence-electron chi connectivity index (χ2n) is 4.63. The van der Waals surface area contributed by atoms with Gasteiger partial charge in [-0.25, -0.2) is 9.37 Å². The number of aryl methyl sites for hydroxylation is 1. The molecular weight excluding hydrogens is 233 g/mol. The van der Waals surface area contributed by atoms with E-state index in [4.69, 9.17) is 5.11 Å². The molecule has 0 amide bonds. The van der Waals surface area contributed by atoms with E-state index in [9.17, 15) is 4.39 Å². The highest BCUT2D eigenvalue weighted by atomic mass is 19.1. The lowest BCUT2D eigenvalue weighted by molar-refractivity contribution is 0.278. The summed E-state index contributed by atoms with van der Waals surface area (Å²) >= 11 is 0. The number of fused-ring (bicyclic) bond motifs is 1. The maximum Gasteiger partial charge on any atom is 0.125 e. The summed E-state index contributed by atoms with van der Waals surface area (Å²) in [7, 11) is 3.94. The molecule has 98 valence electrons. The predicted octanol–water partition coefficient (Wildman–Crippen LogP) is 1.62. The van der Waals surface area contributed by atoms with Crippen molar-refractivity contribution in [2.75, 3.05) is 20.7 Å². The van der Waals surface area contributed by atoms with Crippen molar-refractivity contribution in [3.05, 3.63) is 29.8 Å². The number of hydrogen-bond acceptors (Lipinski definition) is 3. The second-order valence-corrected chi connectivity index (χ2v) is 4.63. The van der Waals surface area contributed by atoms with Gasteiger partial charge in [-0.15, -0.1) is 0 Å². The molecule has 4 nitrogen and oxygen atoms in total. The Bertz CT molecular complexity index is 536. The van der Waals surface area contributed by atoms with E-state index in [1.807, 2.05) is 23.6 Å². The molecule has 0 aliphatic heterocycles. The predicted molar refractivity (Wildman–Crippen MR) is 68.8 cm³/mol. The Morgan fingerprint density at radius 3 is 2.83 bits per heavy atom. The van der Waals surface area contributed by atoms with E-state index in [0.29, 0.717) is 25.0 Å². The van der Waals surface area contributed by atoms with E-state index in [0.717, 1.165) is 11.3 Å². The lowest BCUT2D eigenvalue weighted by Crippen LogP contribution is -2.16. The second kappa shape index (κ2) is 5.46. The molecule has 1 aromatic carbocycles. The van der Waals surface area contributed by atoms with Crippen LogP contribution < -0.4 is 0 Å². The van der Waals surface area contributed by atoms with Gasteiger partial charge < -0.3 is 14.6 Å². The zero-order chi connectivity index (χ0) is 13.1. The van der Waals surface area contributed by atoms with Crippen molar-refractivity contribution in [2.45, 2.75) is 19.5 Å². The third kappa shape index (κ3) is 2.68. The van der Waals surface area contributed by atoms with Crippen LogP contribution in [0.1, 0.15) is 12.2 Å². The smallest absolute Gasteiger partial charge is 0.125 e.